The normalized spacial score (nSPS) is 55.9. The number of ketones is 1. The van der Waals surface area contributed by atoms with Crippen molar-refractivity contribution in [3.05, 3.63) is 23.5 Å². The molecule has 0 saturated heterocycles. The predicted molar refractivity (Wildman–Crippen MR) is 98.9 cm³/mol. The van der Waals surface area contributed by atoms with Crippen LogP contribution in [-0.4, -0.2) is 10.9 Å². The van der Waals surface area contributed by atoms with E-state index in [1.54, 1.807) is 0 Å². The fraction of sp³-hybridized carbons (Fsp3) is 0.739. The molecule has 0 amide bonds. The van der Waals surface area contributed by atoms with Gasteiger partial charge in [0, 0.05) is 6.42 Å². The highest BCUT2D eigenvalue weighted by atomic mass is 16.2. The van der Waals surface area contributed by atoms with E-state index in [9.17, 15) is 15.2 Å². The second-order valence-electron chi connectivity index (χ2n) is 10.4. The Labute approximate surface area is 156 Å². The minimum absolute atomic E-state index is 0.00272. The molecule has 0 aliphatic heterocycles. The first-order chi connectivity index (χ1) is 12.3. The van der Waals surface area contributed by atoms with Crippen LogP contribution in [0.25, 0.3) is 0 Å². The van der Waals surface area contributed by atoms with E-state index in [1.807, 2.05) is 6.08 Å². The Bertz CT molecular complexity index is 804. The van der Waals surface area contributed by atoms with E-state index < -0.39 is 0 Å². The van der Waals surface area contributed by atoms with Crippen molar-refractivity contribution in [2.45, 2.75) is 59.3 Å². The standard InChI is InChI=1S/C23H29NO2/c1-21-6-4-14(26)9-18(21)13(11-25)8-15-17(21)5-7-22(2)20(15)16-10-19(16)23(22,3)12-24/h9,11,15-17,19-20,25H,4-8,10H2,1-3H3/b13-11+/t15-,16-,17+,19+,20-,21-,22+,23+/m1/s1. The maximum atomic E-state index is 12.1. The van der Waals surface area contributed by atoms with Crippen molar-refractivity contribution in [1.29, 1.82) is 5.26 Å². The van der Waals surface area contributed by atoms with Crippen molar-refractivity contribution in [3.8, 4) is 6.07 Å². The maximum Gasteiger partial charge on any atom is 0.156 e. The van der Waals surface area contributed by atoms with Crippen LogP contribution in [-0.2, 0) is 4.79 Å². The molecule has 3 heteroatoms. The zero-order valence-corrected chi connectivity index (χ0v) is 16.1. The molecule has 0 aromatic carbocycles. The second-order valence-corrected chi connectivity index (χ2v) is 10.4. The van der Waals surface area contributed by atoms with Crippen molar-refractivity contribution >= 4 is 5.78 Å². The van der Waals surface area contributed by atoms with Crippen molar-refractivity contribution in [2.24, 2.45) is 45.8 Å². The number of carbonyl (C=O) groups excluding carboxylic acids is 1. The Kier molecular flexibility index (Phi) is 3.08. The highest BCUT2D eigenvalue weighted by Crippen LogP contribution is 2.79. The molecule has 8 atom stereocenters. The van der Waals surface area contributed by atoms with Gasteiger partial charge in [-0.25, -0.2) is 0 Å². The number of carbonyl (C=O) groups is 1. The highest BCUT2D eigenvalue weighted by Gasteiger charge is 2.75. The Balaban J connectivity index is 1.61. The van der Waals surface area contributed by atoms with E-state index in [0.29, 0.717) is 36.0 Å². The predicted octanol–water partition coefficient (Wildman–Crippen LogP) is 4.96. The first kappa shape index (κ1) is 16.6. The molecule has 0 bridgehead atoms. The Hall–Kier alpha value is -1.56. The van der Waals surface area contributed by atoms with Crippen LogP contribution in [0.2, 0.25) is 0 Å². The van der Waals surface area contributed by atoms with Crippen LogP contribution in [0.5, 0.6) is 0 Å². The van der Waals surface area contributed by atoms with E-state index in [1.165, 1.54) is 12.7 Å². The van der Waals surface area contributed by atoms with Crippen LogP contribution >= 0.6 is 0 Å². The monoisotopic (exact) mass is 351 g/mol. The number of aliphatic hydroxyl groups is 1. The summed E-state index contributed by atoms with van der Waals surface area (Å²) in [6, 6.07) is 2.74. The molecule has 138 valence electrons. The van der Waals surface area contributed by atoms with Crippen molar-refractivity contribution in [1.82, 2.24) is 0 Å². The number of fused-ring (bicyclic) bond motifs is 7. The van der Waals surface area contributed by atoms with Gasteiger partial charge in [-0.3, -0.25) is 4.79 Å². The zero-order valence-electron chi connectivity index (χ0n) is 16.1. The minimum Gasteiger partial charge on any atom is -0.515 e. The third-order valence-electron chi connectivity index (χ3n) is 9.74. The lowest BCUT2D eigenvalue weighted by Gasteiger charge is -2.60. The lowest BCUT2D eigenvalue weighted by atomic mass is 9.43. The van der Waals surface area contributed by atoms with Gasteiger partial charge in [0.15, 0.2) is 5.78 Å². The molecule has 4 fully saturated rings. The van der Waals surface area contributed by atoms with E-state index in [0.717, 1.165) is 36.8 Å². The van der Waals surface area contributed by atoms with Crippen LogP contribution in [0.4, 0.5) is 0 Å². The maximum absolute atomic E-state index is 12.1. The summed E-state index contributed by atoms with van der Waals surface area (Å²) in [7, 11) is 0. The molecule has 3 nitrogen and oxygen atoms in total. The molecule has 4 saturated carbocycles. The lowest BCUT2D eigenvalue weighted by molar-refractivity contribution is -0.117. The van der Waals surface area contributed by atoms with Crippen LogP contribution in [0.3, 0.4) is 0 Å². The number of nitriles is 1. The zero-order chi connectivity index (χ0) is 18.5. The Morgan fingerprint density at radius 1 is 1.23 bits per heavy atom. The molecule has 0 unspecified atom stereocenters. The van der Waals surface area contributed by atoms with Crippen molar-refractivity contribution in [3.63, 3.8) is 0 Å². The SMILES string of the molecule is C[C@]12CCC(=O)C=C1/C(=C/O)C[C@H]1[C@@H]3[C@@H]4C[C@@H]4[C@](C)(C#N)[C@@]3(C)CC[C@@H]12. The van der Waals surface area contributed by atoms with Gasteiger partial charge in [-0.2, -0.15) is 5.26 Å². The molecule has 0 aromatic rings. The number of nitrogens with zero attached hydrogens (tertiary/aromatic N) is 1. The summed E-state index contributed by atoms with van der Waals surface area (Å²) in [6.07, 6.45) is 9.00. The fourth-order valence-electron chi connectivity index (χ4n) is 8.17. The number of allylic oxidation sites excluding steroid dienone is 2. The summed E-state index contributed by atoms with van der Waals surface area (Å²) in [5.41, 5.74) is 1.99. The first-order valence-corrected chi connectivity index (χ1v) is 10.3. The number of aliphatic hydroxyl groups excluding tert-OH is 1. The molecule has 0 aromatic heterocycles. The van der Waals surface area contributed by atoms with Crippen molar-refractivity contribution < 1.29 is 9.90 Å². The van der Waals surface area contributed by atoms with Gasteiger partial charge < -0.3 is 5.11 Å². The molecule has 5 rings (SSSR count). The van der Waals surface area contributed by atoms with Gasteiger partial charge in [-0.15, -0.1) is 0 Å². The fourth-order valence-corrected chi connectivity index (χ4v) is 8.17. The topological polar surface area (TPSA) is 61.1 Å². The molecular weight excluding hydrogens is 322 g/mol. The third-order valence-corrected chi connectivity index (χ3v) is 9.74. The number of hydrogen-bond acceptors (Lipinski definition) is 3. The van der Waals surface area contributed by atoms with Gasteiger partial charge in [-0.05, 0) is 96.7 Å². The molecule has 0 spiro atoms. The summed E-state index contributed by atoms with van der Waals surface area (Å²) in [4.78, 5) is 12.1. The average Bonchev–Trinajstić information content (AvgIpc) is 3.37. The number of hydrogen-bond donors (Lipinski definition) is 1. The summed E-state index contributed by atoms with van der Waals surface area (Å²) in [5.74, 6) is 3.16. The van der Waals surface area contributed by atoms with Gasteiger partial charge in [0.2, 0.25) is 0 Å². The van der Waals surface area contributed by atoms with E-state index in [2.05, 4.69) is 26.8 Å². The van der Waals surface area contributed by atoms with E-state index >= 15 is 0 Å². The first-order valence-electron chi connectivity index (χ1n) is 10.3. The van der Waals surface area contributed by atoms with Crippen molar-refractivity contribution in [2.75, 3.05) is 0 Å². The second kappa shape index (κ2) is 4.83. The summed E-state index contributed by atoms with van der Waals surface area (Å²) < 4.78 is 0. The lowest BCUT2D eigenvalue weighted by Crippen LogP contribution is -2.54. The van der Waals surface area contributed by atoms with Crippen LogP contribution < -0.4 is 0 Å². The van der Waals surface area contributed by atoms with Crippen LogP contribution in [0, 0.1) is 57.2 Å². The van der Waals surface area contributed by atoms with Gasteiger partial charge >= 0.3 is 0 Å². The molecule has 0 heterocycles. The quantitative estimate of drug-likeness (QED) is 0.628. The van der Waals surface area contributed by atoms with Crippen LogP contribution in [0.1, 0.15) is 59.3 Å². The van der Waals surface area contributed by atoms with Gasteiger partial charge in [0.1, 0.15) is 0 Å². The largest absolute Gasteiger partial charge is 0.515 e. The number of rotatable bonds is 0. The van der Waals surface area contributed by atoms with Gasteiger partial charge in [0.25, 0.3) is 0 Å². The molecule has 26 heavy (non-hydrogen) atoms. The minimum atomic E-state index is -0.198. The van der Waals surface area contributed by atoms with E-state index in [4.69, 9.17) is 0 Å². The molecule has 5 aliphatic rings. The molecular formula is C23H29NO2. The molecule has 1 N–H and O–H groups in total. The van der Waals surface area contributed by atoms with E-state index in [-0.39, 0.29) is 22.0 Å². The average molecular weight is 351 g/mol. The Morgan fingerprint density at radius 2 is 2.00 bits per heavy atom. The van der Waals surface area contributed by atoms with Crippen LogP contribution in [0.15, 0.2) is 23.5 Å². The highest BCUT2D eigenvalue weighted by molar-refractivity contribution is 5.92. The van der Waals surface area contributed by atoms with Gasteiger partial charge in [0.05, 0.1) is 17.7 Å². The van der Waals surface area contributed by atoms with Gasteiger partial charge in [-0.1, -0.05) is 13.8 Å². The smallest absolute Gasteiger partial charge is 0.156 e. The third kappa shape index (κ3) is 1.68. The summed E-state index contributed by atoms with van der Waals surface area (Å²) >= 11 is 0. The molecule has 5 aliphatic carbocycles. The summed E-state index contributed by atoms with van der Waals surface area (Å²) in [5, 5.41) is 20.0. The Morgan fingerprint density at radius 3 is 2.69 bits per heavy atom. The molecule has 0 radical (unpaired) electrons. The summed E-state index contributed by atoms with van der Waals surface area (Å²) in [6.45, 7) is 6.93.